The van der Waals surface area contributed by atoms with Crippen molar-refractivity contribution in [3.05, 3.63) is 40.0 Å². The van der Waals surface area contributed by atoms with Gasteiger partial charge in [-0.1, -0.05) is 22.8 Å². The molecule has 5 nitrogen and oxygen atoms in total. The molecule has 1 unspecified atom stereocenters. The molecule has 0 spiro atoms. The monoisotopic (exact) mass is 299 g/mol. The highest BCUT2D eigenvalue weighted by atomic mass is 35.5. The zero-order valence-corrected chi connectivity index (χ0v) is 11.5. The Morgan fingerprint density at radius 3 is 2.79 bits per heavy atom. The molecule has 0 saturated carbocycles. The lowest BCUT2D eigenvalue weighted by Gasteiger charge is -2.09. The molecule has 7 heteroatoms. The van der Waals surface area contributed by atoms with E-state index in [0.29, 0.717) is 28.9 Å². The Kier molecular flexibility index (Phi) is 4.14. The lowest BCUT2D eigenvalue weighted by atomic mass is 10.0. The second-order valence-electron chi connectivity index (χ2n) is 3.92. The molecule has 0 fully saturated rings. The fraction of sp³-hybridized carbons (Fsp3) is 0.167. The van der Waals surface area contributed by atoms with E-state index in [1.807, 2.05) is 0 Å². The summed E-state index contributed by atoms with van der Waals surface area (Å²) in [5, 5.41) is 3.94. The van der Waals surface area contributed by atoms with Crippen LogP contribution in [-0.4, -0.2) is 20.2 Å². The van der Waals surface area contributed by atoms with Crippen molar-refractivity contribution in [2.45, 2.75) is 12.7 Å². The van der Waals surface area contributed by atoms with Gasteiger partial charge in [-0.2, -0.15) is 0 Å². The summed E-state index contributed by atoms with van der Waals surface area (Å²) in [7, 11) is 0. The maximum absolute atomic E-state index is 11.0. The van der Waals surface area contributed by atoms with E-state index >= 15 is 0 Å². The first-order chi connectivity index (χ1) is 9.02. The van der Waals surface area contributed by atoms with Crippen molar-refractivity contribution in [3.63, 3.8) is 0 Å². The van der Waals surface area contributed by atoms with Crippen molar-refractivity contribution in [1.82, 2.24) is 5.16 Å². The number of benzene rings is 1. The summed E-state index contributed by atoms with van der Waals surface area (Å²) < 4.78 is 25.1. The van der Waals surface area contributed by atoms with E-state index in [4.69, 9.17) is 20.7 Å². The van der Waals surface area contributed by atoms with Crippen LogP contribution in [0.4, 0.5) is 0 Å². The Morgan fingerprint density at radius 2 is 2.26 bits per heavy atom. The third kappa shape index (κ3) is 2.91. The first-order valence-corrected chi connectivity index (χ1v) is 6.96. The van der Waals surface area contributed by atoms with Crippen molar-refractivity contribution in [2.24, 2.45) is 0 Å². The van der Waals surface area contributed by atoms with Gasteiger partial charge in [-0.05, 0) is 18.6 Å². The number of hydrogen-bond acceptors (Lipinski definition) is 4. The number of carbonyl (C=O) groups excluding carboxylic acids is 1. The second kappa shape index (κ2) is 5.64. The molecule has 1 heterocycles. The van der Waals surface area contributed by atoms with Crippen LogP contribution in [0.3, 0.4) is 0 Å². The molecule has 100 valence electrons. The van der Waals surface area contributed by atoms with Gasteiger partial charge in [-0.3, -0.25) is 4.79 Å². The summed E-state index contributed by atoms with van der Waals surface area (Å²) in [5.41, 5.74) is 1.89. The van der Waals surface area contributed by atoms with Crippen LogP contribution in [0, 0.1) is 6.92 Å². The number of aldehydes is 1. The summed E-state index contributed by atoms with van der Waals surface area (Å²) in [4.78, 5) is 10.9. The number of aromatic nitrogens is 1. The van der Waals surface area contributed by atoms with Gasteiger partial charge in [0.2, 0.25) is 0 Å². The summed E-state index contributed by atoms with van der Waals surface area (Å²) in [6.45, 7) is 1.74. The molecule has 0 aliphatic heterocycles. The van der Waals surface area contributed by atoms with Crippen molar-refractivity contribution in [1.29, 1.82) is 0 Å². The van der Waals surface area contributed by atoms with E-state index in [1.54, 1.807) is 19.1 Å². The number of hydrogen-bond donors (Lipinski definition) is 1. The van der Waals surface area contributed by atoms with Gasteiger partial charge in [0.25, 0.3) is 0 Å². The minimum absolute atomic E-state index is 0.103. The predicted molar refractivity (Wildman–Crippen MR) is 71.5 cm³/mol. The van der Waals surface area contributed by atoms with Crippen LogP contribution >= 0.6 is 11.6 Å². The van der Waals surface area contributed by atoms with Gasteiger partial charge < -0.3 is 9.08 Å². The first-order valence-electron chi connectivity index (χ1n) is 5.30. The fourth-order valence-electron chi connectivity index (χ4n) is 1.72. The van der Waals surface area contributed by atoms with Gasteiger partial charge in [-0.15, -0.1) is 0 Å². The lowest BCUT2D eigenvalue weighted by molar-refractivity contribution is 0.112. The van der Waals surface area contributed by atoms with Crippen LogP contribution in [0.2, 0.25) is 5.02 Å². The second-order valence-corrected chi connectivity index (χ2v) is 5.23. The summed E-state index contributed by atoms with van der Waals surface area (Å²) >= 11 is 4.12. The van der Waals surface area contributed by atoms with Crippen LogP contribution in [0.25, 0.3) is 11.3 Å². The topological polar surface area (TPSA) is 80.4 Å². The highest BCUT2D eigenvalue weighted by molar-refractivity contribution is 7.78. The zero-order valence-electron chi connectivity index (χ0n) is 9.92. The molecule has 1 aromatic carbocycles. The molecule has 19 heavy (non-hydrogen) atoms. The lowest BCUT2D eigenvalue weighted by Crippen LogP contribution is -1.98. The van der Waals surface area contributed by atoms with Crippen molar-refractivity contribution in [3.8, 4) is 11.3 Å². The van der Waals surface area contributed by atoms with Crippen LogP contribution in [0.15, 0.2) is 22.7 Å². The minimum atomic E-state index is -2.02. The van der Waals surface area contributed by atoms with Crippen molar-refractivity contribution >= 4 is 29.0 Å². The molecule has 2 rings (SSSR count). The molecule has 1 N–H and O–H groups in total. The Balaban J connectivity index is 2.65. The molecule has 0 aliphatic carbocycles. The SMILES string of the molecule is Cc1cc(-c2c(CS(=O)O)ccc(C=O)c2Cl)on1. The number of nitrogens with zero attached hydrogens (tertiary/aromatic N) is 1. The van der Waals surface area contributed by atoms with Crippen LogP contribution < -0.4 is 0 Å². The van der Waals surface area contributed by atoms with E-state index in [2.05, 4.69) is 5.16 Å². The normalized spacial score (nSPS) is 12.4. The third-order valence-corrected chi connectivity index (χ3v) is 3.50. The molecule has 0 radical (unpaired) electrons. The molecular formula is C12H10ClNO4S. The smallest absolute Gasteiger partial charge is 0.168 e. The average Bonchev–Trinajstić information content (AvgIpc) is 2.75. The van der Waals surface area contributed by atoms with Gasteiger partial charge in [0.05, 0.1) is 16.5 Å². The van der Waals surface area contributed by atoms with Crippen LogP contribution in [-0.2, 0) is 16.8 Å². The number of carbonyl (C=O) groups is 1. The Labute approximate surface area is 116 Å². The summed E-state index contributed by atoms with van der Waals surface area (Å²) in [6, 6.07) is 4.74. The quantitative estimate of drug-likeness (QED) is 0.693. The first kappa shape index (κ1) is 13.9. The van der Waals surface area contributed by atoms with Gasteiger partial charge in [0.15, 0.2) is 23.1 Å². The number of halogens is 1. The Hall–Kier alpha value is -1.50. The van der Waals surface area contributed by atoms with Crippen molar-refractivity contribution < 1.29 is 18.1 Å². The van der Waals surface area contributed by atoms with Crippen LogP contribution in [0.5, 0.6) is 0 Å². The van der Waals surface area contributed by atoms with Gasteiger partial charge in [-0.25, -0.2) is 4.21 Å². The molecule has 0 amide bonds. The summed E-state index contributed by atoms with van der Waals surface area (Å²) in [6.07, 6.45) is 0.620. The molecule has 2 aromatic rings. The third-order valence-electron chi connectivity index (χ3n) is 2.54. The molecule has 0 saturated heterocycles. The van der Waals surface area contributed by atoms with Gasteiger partial charge in [0, 0.05) is 17.2 Å². The van der Waals surface area contributed by atoms with E-state index < -0.39 is 11.1 Å². The van der Waals surface area contributed by atoms with E-state index in [1.165, 1.54) is 6.07 Å². The highest BCUT2D eigenvalue weighted by Crippen LogP contribution is 2.34. The molecule has 0 aliphatic rings. The molecule has 0 bridgehead atoms. The van der Waals surface area contributed by atoms with E-state index in [0.717, 1.165) is 0 Å². The summed E-state index contributed by atoms with van der Waals surface area (Å²) in [5.74, 6) is 0.264. The van der Waals surface area contributed by atoms with E-state index in [-0.39, 0.29) is 16.3 Å². The predicted octanol–water partition coefficient (Wildman–Crippen LogP) is 2.84. The van der Waals surface area contributed by atoms with Gasteiger partial charge >= 0.3 is 0 Å². The number of rotatable bonds is 4. The molecule has 1 aromatic heterocycles. The van der Waals surface area contributed by atoms with Crippen molar-refractivity contribution in [2.75, 3.05) is 0 Å². The van der Waals surface area contributed by atoms with Gasteiger partial charge in [0.1, 0.15) is 0 Å². The number of aryl methyl sites for hydroxylation is 1. The molecular weight excluding hydrogens is 290 g/mol. The molecule has 1 atom stereocenters. The minimum Gasteiger partial charge on any atom is -0.356 e. The Bertz CT molecular complexity index is 653. The standard InChI is InChI=1S/C12H10ClNO4S/c1-7-4-10(18-14-7)11-9(6-19(16)17)3-2-8(5-15)12(11)13/h2-5H,6H2,1H3,(H,16,17). The average molecular weight is 300 g/mol. The maximum atomic E-state index is 11.0. The zero-order chi connectivity index (χ0) is 14.0. The van der Waals surface area contributed by atoms with Crippen LogP contribution in [0.1, 0.15) is 21.6 Å². The maximum Gasteiger partial charge on any atom is 0.168 e. The largest absolute Gasteiger partial charge is 0.356 e. The fourth-order valence-corrected chi connectivity index (χ4v) is 2.55. The Morgan fingerprint density at radius 1 is 1.53 bits per heavy atom. The highest BCUT2D eigenvalue weighted by Gasteiger charge is 2.18. The van der Waals surface area contributed by atoms with E-state index in [9.17, 15) is 9.00 Å².